The van der Waals surface area contributed by atoms with E-state index in [-0.39, 0.29) is 30.2 Å². The molecule has 0 bridgehead atoms. The molecule has 0 aromatic heterocycles. The van der Waals surface area contributed by atoms with Crippen molar-refractivity contribution >= 4 is 11.6 Å². The first-order chi connectivity index (χ1) is 17.2. The highest BCUT2D eigenvalue weighted by molar-refractivity contribution is 5.85. The summed E-state index contributed by atoms with van der Waals surface area (Å²) >= 11 is 0. The van der Waals surface area contributed by atoms with Gasteiger partial charge < -0.3 is 9.47 Å². The molecule has 0 saturated heterocycles. The molecule has 202 valence electrons. The maximum Gasteiger partial charge on any atom is 0.175 e. The van der Waals surface area contributed by atoms with E-state index in [1.165, 1.54) is 30.4 Å². The molecule has 1 saturated carbocycles. The van der Waals surface area contributed by atoms with Gasteiger partial charge in [0.15, 0.2) is 11.6 Å². The molecule has 2 aliphatic rings. The van der Waals surface area contributed by atoms with E-state index in [1.54, 1.807) is 0 Å². The van der Waals surface area contributed by atoms with Gasteiger partial charge in [-0.25, -0.2) is 0 Å². The zero-order valence-corrected chi connectivity index (χ0v) is 24.3. The number of hydrogen-bond acceptors (Lipinski definition) is 4. The van der Waals surface area contributed by atoms with Crippen LogP contribution in [0.15, 0.2) is 53.3 Å². The molecule has 0 unspecified atom stereocenters. The maximum atomic E-state index is 12.4. The van der Waals surface area contributed by atoms with E-state index >= 15 is 0 Å². The molecule has 4 heteroatoms. The van der Waals surface area contributed by atoms with Crippen molar-refractivity contribution in [3.63, 3.8) is 0 Å². The Balaban J connectivity index is 1.89. The van der Waals surface area contributed by atoms with Crippen molar-refractivity contribution in [2.75, 3.05) is 13.2 Å². The van der Waals surface area contributed by atoms with Crippen LogP contribution in [0.5, 0.6) is 5.75 Å². The average molecular weight is 507 g/mol. The van der Waals surface area contributed by atoms with E-state index in [2.05, 4.69) is 38.1 Å². The highest BCUT2D eigenvalue weighted by Crippen LogP contribution is 2.48. The molecule has 0 amide bonds. The van der Waals surface area contributed by atoms with Gasteiger partial charge in [0, 0.05) is 16.2 Å². The van der Waals surface area contributed by atoms with Crippen LogP contribution in [0.2, 0.25) is 0 Å². The fourth-order valence-electron chi connectivity index (χ4n) is 5.09. The largest absolute Gasteiger partial charge is 0.486 e. The minimum atomic E-state index is -0.413. The first-order valence-electron chi connectivity index (χ1n) is 13.8. The molecule has 37 heavy (non-hydrogen) atoms. The van der Waals surface area contributed by atoms with Crippen molar-refractivity contribution in [2.24, 2.45) is 10.8 Å². The quantitative estimate of drug-likeness (QED) is 0.359. The summed E-state index contributed by atoms with van der Waals surface area (Å²) in [5.74, 6) is 1.75. The van der Waals surface area contributed by atoms with Gasteiger partial charge in [0.1, 0.15) is 24.7 Å². The molecular weight excluding hydrogens is 460 g/mol. The number of benzene rings is 1. The number of carbonyl (C=O) groups is 2. The lowest BCUT2D eigenvalue weighted by Crippen LogP contribution is -2.31. The molecule has 1 fully saturated rings. The van der Waals surface area contributed by atoms with Crippen LogP contribution in [0.4, 0.5) is 0 Å². The van der Waals surface area contributed by atoms with E-state index in [4.69, 9.17) is 9.47 Å². The lowest BCUT2D eigenvalue weighted by atomic mass is 9.63. The first kappa shape index (κ1) is 28.9. The minimum Gasteiger partial charge on any atom is -0.486 e. The Kier molecular flexibility index (Phi) is 8.93. The normalized spacial score (nSPS) is 18.2. The number of allylic oxidation sites excluding steroid dienone is 5. The number of ether oxygens (including phenoxy) is 2. The van der Waals surface area contributed by atoms with Crippen LogP contribution >= 0.6 is 0 Å². The van der Waals surface area contributed by atoms with Crippen LogP contribution in [-0.4, -0.2) is 24.8 Å². The predicted octanol–water partition coefficient (Wildman–Crippen LogP) is 7.98. The Morgan fingerprint density at radius 3 is 2.03 bits per heavy atom. The first-order valence-corrected chi connectivity index (χ1v) is 13.8. The molecule has 1 aromatic carbocycles. The molecule has 3 rings (SSSR count). The van der Waals surface area contributed by atoms with Crippen molar-refractivity contribution in [3.05, 3.63) is 64.5 Å². The van der Waals surface area contributed by atoms with Gasteiger partial charge in [0.2, 0.25) is 0 Å². The fraction of sp³-hybridized carbons (Fsp3) is 0.576. The Morgan fingerprint density at radius 1 is 0.865 bits per heavy atom. The minimum absolute atomic E-state index is 0.0367. The number of hydrogen-bond donors (Lipinski definition) is 0. The Labute approximate surface area is 224 Å². The van der Waals surface area contributed by atoms with Gasteiger partial charge in [0.05, 0.1) is 0 Å². The van der Waals surface area contributed by atoms with Gasteiger partial charge in [0.25, 0.3) is 0 Å². The molecule has 2 aliphatic carbocycles. The van der Waals surface area contributed by atoms with Gasteiger partial charge in [-0.3, -0.25) is 9.59 Å². The third-order valence-electron chi connectivity index (χ3n) is 7.83. The molecule has 0 N–H and O–H groups in total. The van der Waals surface area contributed by atoms with E-state index in [0.717, 1.165) is 41.9 Å². The second-order valence-electron chi connectivity index (χ2n) is 12.9. The highest BCUT2D eigenvalue weighted by Gasteiger charge is 2.37. The molecule has 0 radical (unpaired) electrons. The molecule has 1 aromatic rings. The van der Waals surface area contributed by atoms with Crippen LogP contribution in [0, 0.1) is 17.8 Å². The molecule has 4 nitrogen and oxygen atoms in total. The summed E-state index contributed by atoms with van der Waals surface area (Å²) in [5.41, 5.74) is 3.98. The predicted molar refractivity (Wildman–Crippen MR) is 151 cm³/mol. The SMILES string of the molecule is CC1=C(OCC(=O)C(C)(C)C)C=CCC(C2(c3ccc(OCC(=O)C(C)(C)C)c(C)c3)CCCCC2)=C1. The summed E-state index contributed by atoms with van der Waals surface area (Å²) in [6, 6.07) is 6.50. The van der Waals surface area contributed by atoms with Crippen LogP contribution in [0.1, 0.15) is 98.1 Å². The number of carbonyl (C=O) groups excluding carboxylic acids is 2. The van der Waals surface area contributed by atoms with Gasteiger partial charge >= 0.3 is 0 Å². The Hall–Kier alpha value is -2.62. The summed E-state index contributed by atoms with van der Waals surface area (Å²) in [6.45, 7) is 15.9. The van der Waals surface area contributed by atoms with Crippen LogP contribution in [0.25, 0.3) is 0 Å². The summed E-state index contributed by atoms with van der Waals surface area (Å²) in [5, 5.41) is 0. The molecule has 0 aliphatic heterocycles. The van der Waals surface area contributed by atoms with Crippen molar-refractivity contribution in [1.82, 2.24) is 0 Å². The Morgan fingerprint density at radius 2 is 1.46 bits per heavy atom. The van der Waals surface area contributed by atoms with E-state index < -0.39 is 10.8 Å². The Bertz CT molecular complexity index is 1100. The molecule has 0 atom stereocenters. The zero-order valence-electron chi connectivity index (χ0n) is 24.3. The number of rotatable bonds is 8. The van der Waals surface area contributed by atoms with Crippen molar-refractivity contribution in [3.8, 4) is 5.75 Å². The number of ketones is 2. The topological polar surface area (TPSA) is 52.6 Å². The van der Waals surface area contributed by atoms with Crippen molar-refractivity contribution in [2.45, 2.75) is 99.3 Å². The van der Waals surface area contributed by atoms with E-state index in [1.807, 2.05) is 53.7 Å². The summed E-state index contributed by atoms with van der Waals surface area (Å²) < 4.78 is 11.9. The third-order valence-corrected chi connectivity index (χ3v) is 7.83. The van der Waals surface area contributed by atoms with Gasteiger partial charge in [-0.15, -0.1) is 0 Å². The smallest absolute Gasteiger partial charge is 0.175 e. The second kappa shape index (κ2) is 11.4. The molecular formula is C33H46O4. The molecule has 0 heterocycles. The van der Waals surface area contributed by atoms with Gasteiger partial charge in [-0.1, -0.05) is 90.7 Å². The monoisotopic (exact) mass is 506 g/mol. The van der Waals surface area contributed by atoms with Gasteiger partial charge in [-0.2, -0.15) is 0 Å². The fourth-order valence-corrected chi connectivity index (χ4v) is 5.09. The van der Waals surface area contributed by atoms with E-state index in [0.29, 0.717) is 0 Å². The highest BCUT2D eigenvalue weighted by atomic mass is 16.5. The van der Waals surface area contributed by atoms with Crippen molar-refractivity contribution in [1.29, 1.82) is 0 Å². The van der Waals surface area contributed by atoms with Gasteiger partial charge in [-0.05, 0) is 62.0 Å². The number of aryl methyl sites for hydroxylation is 1. The number of Topliss-reactive ketones (excluding diaryl/α,β-unsaturated/α-hetero) is 2. The summed E-state index contributed by atoms with van der Waals surface area (Å²) in [6.07, 6.45) is 13.2. The van der Waals surface area contributed by atoms with Crippen LogP contribution in [0.3, 0.4) is 0 Å². The zero-order chi connectivity index (χ0) is 27.4. The third kappa shape index (κ3) is 7.03. The summed E-state index contributed by atoms with van der Waals surface area (Å²) in [4.78, 5) is 24.8. The van der Waals surface area contributed by atoms with Crippen molar-refractivity contribution < 1.29 is 19.1 Å². The molecule has 0 spiro atoms. The lowest BCUT2D eigenvalue weighted by Gasteiger charge is -2.40. The maximum absolute atomic E-state index is 12.4. The second-order valence-corrected chi connectivity index (χ2v) is 12.9. The lowest BCUT2D eigenvalue weighted by molar-refractivity contribution is -0.129. The van der Waals surface area contributed by atoms with E-state index in [9.17, 15) is 9.59 Å². The summed E-state index contributed by atoms with van der Waals surface area (Å²) in [7, 11) is 0. The van der Waals surface area contributed by atoms with Crippen LogP contribution in [-0.2, 0) is 19.7 Å². The van der Waals surface area contributed by atoms with Crippen LogP contribution < -0.4 is 4.74 Å². The standard InChI is InChI=1S/C33H46O4/c1-23-19-25(13-12-14-27(23)36-21-29(34)31(3,4)5)33(17-10-9-11-18-33)26-15-16-28(24(2)20-26)37-22-30(35)32(6,7)8/h12,14-16,19-20H,9-11,13,17-18,21-22H2,1-8H3. The average Bonchev–Trinajstić information content (AvgIpc) is 3.02.